The second-order valence-electron chi connectivity index (χ2n) is 6.30. The Kier molecular flexibility index (Phi) is 3.51. The molecule has 0 saturated carbocycles. The third-order valence-electron chi connectivity index (χ3n) is 4.86. The monoisotopic (exact) mass is 347 g/mol. The fourth-order valence-corrected chi connectivity index (χ4v) is 4.09. The molecule has 0 unspecified atom stereocenters. The molecule has 3 N–H and O–H groups in total. The number of hydrogen-bond donors (Lipinski definition) is 3. The molecule has 4 rings (SSSR count). The highest BCUT2D eigenvalue weighted by Crippen LogP contribution is 2.49. The number of hydrogen-bond acceptors (Lipinski definition) is 3. The molecule has 0 fully saturated rings. The van der Waals surface area contributed by atoms with E-state index >= 15 is 0 Å². The van der Waals surface area contributed by atoms with Crippen LogP contribution in [0.15, 0.2) is 66.7 Å². The Balaban J connectivity index is 2.08. The molecule has 1 aliphatic rings. The average molecular weight is 347 g/mol. The highest BCUT2D eigenvalue weighted by atomic mass is 32.1. The first-order chi connectivity index (χ1) is 12.0. The standard InChI is InChI=1S/C21H17NO2S/c1-13-3-2-4-18-19(13)22-20(25)21(18,14-5-9-16(23)10-6-14)15-7-11-17(24)12-8-15/h2-12,23-24H,1H3,(H,22,25). The van der Waals surface area contributed by atoms with Gasteiger partial charge in [-0.3, -0.25) is 0 Å². The van der Waals surface area contributed by atoms with Crippen LogP contribution in [0.1, 0.15) is 22.3 Å². The predicted octanol–water partition coefficient (Wildman–Crippen LogP) is 4.49. The summed E-state index contributed by atoms with van der Waals surface area (Å²) >= 11 is 5.81. The third-order valence-corrected chi connectivity index (χ3v) is 5.26. The lowest BCUT2D eigenvalue weighted by Crippen LogP contribution is -2.35. The number of benzene rings is 3. The fraction of sp³-hybridized carbons (Fsp3) is 0.0952. The summed E-state index contributed by atoms with van der Waals surface area (Å²) in [4.78, 5) is 0.688. The average Bonchev–Trinajstić information content (AvgIpc) is 2.91. The number of aryl methyl sites for hydroxylation is 1. The van der Waals surface area contributed by atoms with E-state index in [-0.39, 0.29) is 11.5 Å². The number of anilines is 1. The Labute approximate surface area is 151 Å². The topological polar surface area (TPSA) is 52.5 Å². The number of fused-ring (bicyclic) bond motifs is 1. The predicted molar refractivity (Wildman–Crippen MR) is 103 cm³/mol. The molecule has 124 valence electrons. The van der Waals surface area contributed by atoms with Gasteiger partial charge in [0.25, 0.3) is 0 Å². The Morgan fingerprint density at radius 2 is 1.32 bits per heavy atom. The lowest BCUT2D eigenvalue weighted by molar-refractivity contribution is 0.475. The molecular formula is C21H17NO2S. The summed E-state index contributed by atoms with van der Waals surface area (Å²) in [5.74, 6) is 0.428. The Hall–Kier alpha value is -2.85. The quantitative estimate of drug-likeness (QED) is 0.598. The summed E-state index contributed by atoms with van der Waals surface area (Å²) in [5, 5.41) is 22.8. The van der Waals surface area contributed by atoms with E-state index in [2.05, 4.69) is 24.4 Å². The molecule has 0 saturated heterocycles. The number of nitrogens with one attached hydrogen (secondary N) is 1. The first kappa shape index (κ1) is 15.7. The number of phenols is 2. The molecule has 0 amide bonds. The molecule has 4 heteroatoms. The Morgan fingerprint density at radius 1 is 0.800 bits per heavy atom. The van der Waals surface area contributed by atoms with E-state index in [4.69, 9.17) is 12.2 Å². The highest BCUT2D eigenvalue weighted by molar-refractivity contribution is 7.80. The Morgan fingerprint density at radius 3 is 1.84 bits per heavy atom. The molecular weight excluding hydrogens is 330 g/mol. The summed E-state index contributed by atoms with van der Waals surface area (Å²) in [6, 6.07) is 20.4. The maximum absolute atomic E-state index is 9.71. The number of para-hydroxylation sites is 1. The van der Waals surface area contributed by atoms with Gasteiger partial charge in [-0.2, -0.15) is 0 Å². The molecule has 25 heavy (non-hydrogen) atoms. The molecule has 1 heterocycles. The van der Waals surface area contributed by atoms with Gasteiger partial charge in [0.05, 0.1) is 10.4 Å². The van der Waals surface area contributed by atoms with Crippen molar-refractivity contribution < 1.29 is 10.2 Å². The van der Waals surface area contributed by atoms with Gasteiger partial charge in [-0.05, 0) is 53.4 Å². The second kappa shape index (κ2) is 5.60. The summed E-state index contributed by atoms with van der Waals surface area (Å²) in [5.41, 5.74) is 4.51. The Bertz CT molecular complexity index is 917. The smallest absolute Gasteiger partial charge is 0.115 e. The van der Waals surface area contributed by atoms with Crippen molar-refractivity contribution in [1.29, 1.82) is 0 Å². The lowest BCUT2D eigenvalue weighted by atomic mass is 9.70. The molecule has 3 aromatic rings. The first-order valence-electron chi connectivity index (χ1n) is 8.04. The van der Waals surface area contributed by atoms with Crippen molar-refractivity contribution in [3.63, 3.8) is 0 Å². The number of rotatable bonds is 2. The van der Waals surface area contributed by atoms with Gasteiger partial charge in [0, 0.05) is 5.69 Å². The third kappa shape index (κ3) is 2.22. The van der Waals surface area contributed by atoms with E-state index in [1.54, 1.807) is 24.3 Å². The van der Waals surface area contributed by atoms with Gasteiger partial charge in [-0.25, -0.2) is 0 Å². The maximum atomic E-state index is 9.71. The van der Waals surface area contributed by atoms with Crippen molar-refractivity contribution in [1.82, 2.24) is 0 Å². The zero-order valence-corrected chi connectivity index (χ0v) is 14.5. The number of aromatic hydroxyl groups is 2. The molecule has 0 spiro atoms. The van der Waals surface area contributed by atoms with Crippen LogP contribution in [-0.4, -0.2) is 15.2 Å². The van der Waals surface area contributed by atoms with Gasteiger partial charge in [-0.1, -0.05) is 54.7 Å². The van der Waals surface area contributed by atoms with Crippen molar-refractivity contribution in [3.8, 4) is 11.5 Å². The zero-order chi connectivity index (χ0) is 17.6. The van der Waals surface area contributed by atoms with Crippen LogP contribution in [0.25, 0.3) is 0 Å². The van der Waals surface area contributed by atoms with Crippen LogP contribution in [0.3, 0.4) is 0 Å². The van der Waals surface area contributed by atoms with Crippen molar-refractivity contribution in [2.75, 3.05) is 5.32 Å². The summed E-state index contributed by atoms with van der Waals surface area (Å²) in [6.07, 6.45) is 0. The molecule has 0 bridgehead atoms. The molecule has 1 aliphatic heterocycles. The van der Waals surface area contributed by atoms with Gasteiger partial charge >= 0.3 is 0 Å². The summed E-state index contributed by atoms with van der Waals surface area (Å²) in [6.45, 7) is 2.05. The van der Waals surface area contributed by atoms with E-state index < -0.39 is 5.41 Å². The van der Waals surface area contributed by atoms with Crippen LogP contribution in [0, 0.1) is 6.92 Å². The molecule has 0 aliphatic carbocycles. The molecule has 3 aromatic carbocycles. The van der Waals surface area contributed by atoms with E-state index in [0.717, 1.165) is 27.9 Å². The van der Waals surface area contributed by atoms with E-state index in [9.17, 15) is 10.2 Å². The van der Waals surface area contributed by atoms with Gasteiger partial charge in [0.15, 0.2) is 0 Å². The van der Waals surface area contributed by atoms with Crippen LogP contribution < -0.4 is 5.32 Å². The maximum Gasteiger partial charge on any atom is 0.115 e. The lowest BCUT2D eigenvalue weighted by Gasteiger charge is -2.31. The highest BCUT2D eigenvalue weighted by Gasteiger charge is 2.47. The van der Waals surface area contributed by atoms with Gasteiger partial charge < -0.3 is 15.5 Å². The van der Waals surface area contributed by atoms with Crippen LogP contribution in [-0.2, 0) is 5.41 Å². The molecule has 0 atom stereocenters. The summed E-state index contributed by atoms with van der Waals surface area (Å²) < 4.78 is 0. The largest absolute Gasteiger partial charge is 0.508 e. The number of phenolic OH excluding ortho intramolecular Hbond substituents is 2. The van der Waals surface area contributed by atoms with Crippen LogP contribution in [0.5, 0.6) is 11.5 Å². The first-order valence-corrected chi connectivity index (χ1v) is 8.45. The summed E-state index contributed by atoms with van der Waals surface area (Å²) in [7, 11) is 0. The van der Waals surface area contributed by atoms with Gasteiger partial charge in [-0.15, -0.1) is 0 Å². The minimum Gasteiger partial charge on any atom is -0.508 e. The van der Waals surface area contributed by atoms with E-state index in [1.165, 1.54) is 0 Å². The van der Waals surface area contributed by atoms with Crippen LogP contribution in [0.4, 0.5) is 5.69 Å². The minimum absolute atomic E-state index is 0.214. The van der Waals surface area contributed by atoms with E-state index in [1.807, 2.05) is 30.3 Å². The number of thiocarbonyl (C=S) groups is 1. The van der Waals surface area contributed by atoms with Gasteiger partial charge in [0.1, 0.15) is 11.5 Å². The van der Waals surface area contributed by atoms with Crippen LogP contribution >= 0.6 is 12.2 Å². The van der Waals surface area contributed by atoms with E-state index in [0.29, 0.717) is 4.99 Å². The minimum atomic E-state index is -0.655. The normalized spacial score (nSPS) is 14.8. The zero-order valence-electron chi connectivity index (χ0n) is 13.7. The van der Waals surface area contributed by atoms with Crippen molar-refractivity contribution in [2.45, 2.75) is 12.3 Å². The van der Waals surface area contributed by atoms with Gasteiger partial charge in [0.2, 0.25) is 0 Å². The van der Waals surface area contributed by atoms with Crippen LogP contribution in [0.2, 0.25) is 0 Å². The van der Waals surface area contributed by atoms with Crippen molar-refractivity contribution in [3.05, 3.63) is 89.0 Å². The van der Waals surface area contributed by atoms with Crippen molar-refractivity contribution >= 4 is 22.9 Å². The van der Waals surface area contributed by atoms with Crippen molar-refractivity contribution in [2.24, 2.45) is 0 Å². The molecule has 0 radical (unpaired) electrons. The fourth-order valence-electron chi connectivity index (χ4n) is 3.64. The molecule has 3 nitrogen and oxygen atoms in total. The second-order valence-corrected chi connectivity index (χ2v) is 6.70. The SMILES string of the molecule is Cc1cccc2c1NC(=S)C2(c1ccc(O)cc1)c1ccc(O)cc1. The molecule has 0 aromatic heterocycles.